The van der Waals surface area contributed by atoms with Crippen molar-refractivity contribution in [3.8, 4) is 0 Å². The van der Waals surface area contributed by atoms with E-state index in [1.807, 2.05) is 41.9 Å². The number of benzene rings is 1. The molecule has 0 aliphatic carbocycles. The van der Waals surface area contributed by atoms with Crippen molar-refractivity contribution >= 4 is 22.6 Å². The summed E-state index contributed by atoms with van der Waals surface area (Å²) in [6.07, 6.45) is 2.24. The van der Waals surface area contributed by atoms with Crippen LogP contribution in [0.2, 0.25) is 0 Å². The Kier molecular flexibility index (Phi) is 4.56. The smallest absolute Gasteiger partial charge is 0.267 e. The Balaban J connectivity index is 1.94. The lowest BCUT2D eigenvalue weighted by atomic mass is 10.2. The molecule has 20 heavy (non-hydrogen) atoms. The molecule has 0 saturated heterocycles. The third-order valence-corrected chi connectivity index (χ3v) is 3.43. The van der Waals surface area contributed by atoms with Crippen LogP contribution >= 0.6 is 0 Å². The van der Waals surface area contributed by atoms with E-state index in [1.54, 1.807) is 6.92 Å². The van der Waals surface area contributed by atoms with Gasteiger partial charge in [-0.2, -0.15) is 0 Å². The highest BCUT2D eigenvalue weighted by atomic mass is 16.2. The molecule has 2 aromatic rings. The van der Waals surface area contributed by atoms with E-state index in [4.69, 9.17) is 0 Å². The molecule has 4 nitrogen and oxygen atoms in total. The van der Waals surface area contributed by atoms with Crippen LogP contribution in [0.3, 0.4) is 0 Å². The number of unbranched alkanes of at least 4 members (excludes halogenated alkanes) is 1. The van der Waals surface area contributed by atoms with Gasteiger partial charge in [-0.15, -0.1) is 0 Å². The Morgan fingerprint density at radius 1 is 1.20 bits per heavy atom. The molecule has 0 radical (unpaired) electrons. The van der Waals surface area contributed by atoms with Gasteiger partial charge >= 0.3 is 0 Å². The predicted molar refractivity (Wildman–Crippen MR) is 79.8 cm³/mol. The van der Waals surface area contributed by atoms with Crippen molar-refractivity contribution in [2.75, 3.05) is 6.54 Å². The topological polar surface area (TPSA) is 51.1 Å². The highest BCUT2D eigenvalue weighted by Crippen LogP contribution is 2.18. The molecule has 106 valence electrons. The molecule has 0 aliphatic rings. The molecule has 1 amide bonds. The molecule has 0 spiro atoms. The van der Waals surface area contributed by atoms with Crippen molar-refractivity contribution in [2.24, 2.45) is 7.05 Å². The highest BCUT2D eigenvalue weighted by Gasteiger charge is 2.12. The predicted octanol–water partition coefficient (Wildman–Crippen LogP) is 2.67. The number of carbonyl (C=O) groups excluding carboxylic acids is 2. The van der Waals surface area contributed by atoms with Gasteiger partial charge in [0.2, 0.25) is 0 Å². The van der Waals surface area contributed by atoms with E-state index in [1.165, 1.54) is 0 Å². The summed E-state index contributed by atoms with van der Waals surface area (Å²) in [5.41, 5.74) is 1.71. The van der Waals surface area contributed by atoms with E-state index in [0.717, 1.165) is 23.7 Å². The summed E-state index contributed by atoms with van der Waals surface area (Å²) in [6, 6.07) is 9.83. The molecule has 0 aliphatic heterocycles. The summed E-state index contributed by atoms with van der Waals surface area (Å²) >= 11 is 0. The minimum atomic E-state index is -0.0634. The average Bonchev–Trinajstić information content (AvgIpc) is 2.76. The van der Waals surface area contributed by atoms with Gasteiger partial charge in [0.1, 0.15) is 11.5 Å². The SMILES string of the molecule is CC(=O)CCCCNC(=O)c1cc2ccccc2n1C. The van der Waals surface area contributed by atoms with Crippen LogP contribution in [0, 0.1) is 0 Å². The van der Waals surface area contributed by atoms with Crippen LogP contribution in [0.5, 0.6) is 0 Å². The van der Waals surface area contributed by atoms with Gasteiger partial charge in [-0.05, 0) is 31.9 Å². The molecule has 1 aromatic carbocycles. The normalized spacial score (nSPS) is 10.7. The molecule has 1 aromatic heterocycles. The van der Waals surface area contributed by atoms with Crippen molar-refractivity contribution in [3.05, 3.63) is 36.0 Å². The summed E-state index contributed by atoms with van der Waals surface area (Å²) in [5.74, 6) is 0.136. The van der Waals surface area contributed by atoms with E-state index >= 15 is 0 Å². The Labute approximate surface area is 118 Å². The standard InChI is InChI=1S/C16H20N2O2/c1-12(19)7-5-6-10-17-16(20)15-11-13-8-3-4-9-14(13)18(15)2/h3-4,8-9,11H,5-7,10H2,1-2H3,(H,17,20). The fourth-order valence-corrected chi connectivity index (χ4v) is 2.30. The summed E-state index contributed by atoms with van der Waals surface area (Å²) in [6.45, 7) is 2.20. The number of ketones is 1. The number of aryl methyl sites for hydroxylation is 1. The minimum Gasteiger partial charge on any atom is -0.351 e. The number of hydrogen-bond acceptors (Lipinski definition) is 2. The van der Waals surface area contributed by atoms with Crippen molar-refractivity contribution in [3.63, 3.8) is 0 Å². The number of para-hydroxylation sites is 1. The number of rotatable bonds is 6. The maximum atomic E-state index is 12.1. The zero-order valence-corrected chi connectivity index (χ0v) is 12.0. The number of nitrogens with one attached hydrogen (secondary N) is 1. The van der Waals surface area contributed by atoms with Gasteiger partial charge in [-0.25, -0.2) is 0 Å². The van der Waals surface area contributed by atoms with Crippen LogP contribution in [0.4, 0.5) is 0 Å². The molecule has 0 fully saturated rings. The molecular formula is C16H20N2O2. The molecule has 2 rings (SSSR count). The lowest BCUT2D eigenvalue weighted by Gasteiger charge is -2.06. The number of nitrogens with zero attached hydrogens (tertiary/aromatic N) is 1. The van der Waals surface area contributed by atoms with Crippen LogP contribution in [-0.4, -0.2) is 22.8 Å². The number of fused-ring (bicyclic) bond motifs is 1. The zero-order valence-electron chi connectivity index (χ0n) is 12.0. The maximum absolute atomic E-state index is 12.1. The summed E-state index contributed by atoms with van der Waals surface area (Å²) in [4.78, 5) is 22.9. The highest BCUT2D eigenvalue weighted by molar-refractivity contribution is 5.98. The van der Waals surface area contributed by atoms with Crippen LogP contribution < -0.4 is 5.32 Å². The Hall–Kier alpha value is -2.10. The van der Waals surface area contributed by atoms with Crippen molar-refractivity contribution in [1.82, 2.24) is 9.88 Å². The first-order valence-electron chi connectivity index (χ1n) is 6.91. The second-order valence-corrected chi connectivity index (χ2v) is 5.06. The van der Waals surface area contributed by atoms with E-state index < -0.39 is 0 Å². The molecule has 0 atom stereocenters. The number of amides is 1. The van der Waals surface area contributed by atoms with Gasteiger partial charge in [0, 0.05) is 30.9 Å². The largest absolute Gasteiger partial charge is 0.351 e. The average molecular weight is 272 g/mol. The lowest BCUT2D eigenvalue weighted by molar-refractivity contribution is -0.117. The second kappa shape index (κ2) is 6.37. The third-order valence-electron chi connectivity index (χ3n) is 3.43. The zero-order chi connectivity index (χ0) is 14.5. The molecule has 1 heterocycles. The molecule has 4 heteroatoms. The van der Waals surface area contributed by atoms with Gasteiger partial charge in [-0.3, -0.25) is 4.79 Å². The van der Waals surface area contributed by atoms with Gasteiger partial charge in [0.25, 0.3) is 5.91 Å². The first kappa shape index (κ1) is 14.3. The number of hydrogen-bond donors (Lipinski definition) is 1. The first-order chi connectivity index (χ1) is 9.59. The van der Waals surface area contributed by atoms with Crippen molar-refractivity contribution in [1.29, 1.82) is 0 Å². The summed E-state index contributed by atoms with van der Waals surface area (Å²) < 4.78 is 1.90. The van der Waals surface area contributed by atoms with Crippen molar-refractivity contribution < 1.29 is 9.59 Å². The van der Waals surface area contributed by atoms with E-state index in [2.05, 4.69) is 5.32 Å². The molecule has 0 bridgehead atoms. The van der Waals surface area contributed by atoms with Crippen LogP contribution in [-0.2, 0) is 11.8 Å². The maximum Gasteiger partial charge on any atom is 0.267 e. The Morgan fingerprint density at radius 3 is 2.65 bits per heavy atom. The number of carbonyl (C=O) groups is 2. The number of Topliss-reactive ketones (excluding diaryl/α,β-unsaturated/α-hetero) is 1. The third kappa shape index (κ3) is 3.26. The second-order valence-electron chi connectivity index (χ2n) is 5.06. The minimum absolute atomic E-state index is 0.0634. The Morgan fingerprint density at radius 2 is 1.95 bits per heavy atom. The fraction of sp³-hybridized carbons (Fsp3) is 0.375. The fourth-order valence-electron chi connectivity index (χ4n) is 2.30. The van der Waals surface area contributed by atoms with Crippen LogP contribution in [0.25, 0.3) is 10.9 Å². The van der Waals surface area contributed by atoms with E-state index in [0.29, 0.717) is 18.7 Å². The Bertz CT molecular complexity index is 628. The lowest BCUT2D eigenvalue weighted by Crippen LogP contribution is -2.26. The monoisotopic (exact) mass is 272 g/mol. The summed E-state index contributed by atoms with van der Waals surface area (Å²) in [5, 5.41) is 3.97. The van der Waals surface area contributed by atoms with Crippen molar-refractivity contribution in [2.45, 2.75) is 26.2 Å². The molecule has 0 saturated carbocycles. The van der Waals surface area contributed by atoms with E-state index in [9.17, 15) is 9.59 Å². The van der Waals surface area contributed by atoms with Gasteiger partial charge in [0.15, 0.2) is 0 Å². The van der Waals surface area contributed by atoms with Gasteiger partial charge < -0.3 is 14.7 Å². The number of aromatic nitrogens is 1. The molecule has 0 unspecified atom stereocenters. The molecular weight excluding hydrogens is 252 g/mol. The van der Waals surface area contributed by atoms with E-state index in [-0.39, 0.29) is 11.7 Å². The first-order valence-corrected chi connectivity index (χ1v) is 6.91. The van der Waals surface area contributed by atoms with Gasteiger partial charge in [0.05, 0.1) is 0 Å². The quantitative estimate of drug-likeness (QED) is 0.822. The van der Waals surface area contributed by atoms with Crippen LogP contribution in [0.15, 0.2) is 30.3 Å². The van der Waals surface area contributed by atoms with Gasteiger partial charge in [-0.1, -0.05) is 18.2 Å². The molecule has 1 N–H and O–H groups in total. The van der Waals surface area contributed by atoms with Crippen LogP contribution in [0.1, 0.15) is 36.7 Å². The summed E-state index contributed by atoms with van der Waals surface area (Å²) in [7, 11) is 1.90.